The molecule has 7 heteroatoms. The van der Waals surface area contributed by atoms with E-state index in [0.29, 0.717) is 31.6 Å². The maximum atomic E-state index is 13.2. The van der Waals surface area contributed by atoms with Gasteiger partial charge >= 0.3 is 6.03 Å². The van der Waals surface area contributed by atoms with Crippen LogP contribution in [-0.2, 0) is 11.2 Å². The van der Waals surface area contributed by atoms with Crippen molar-refractivity contribution in [1.29, 1.82) is 0 Å². The van der Waals surface area contributed by atoms with Gasteiger partial charge in [0.05, 0.1) is 0 Å². The van der Waals surface area contributed by atoms with Gasteiger partial charge in [0.25, 0.3) is 5.91 Å². The van der Waals surface area contributed by atoms with Crippen LogP contribution in [0.1, 0.15) is 54.9 Å². The quantitative estimate of drug-likeness (QED) is 0.812. The van der Waals surface area contributed by atoms with E-state index >= 15 is 0 Å². The Morgan fingerprint density at radius 2 is 2.03 bits per heavy atom. The van der Waals surface area contributed by atoms with E-state index in [-0.39, 0.29) is 36.2 Å². The summed E-state index contributed by atoms with van der Waals surface area (Å²) in [7, 11) is 0. The van der Waals surface area contributed by atoms with Gasteiger partial charge in [-0.1, -0.05) is 12.8 Å². The molecule has 29 heavy (non-hydrogen) atoms. The molecule has 0 unspecified atom stereocenters. The van der Waals surface area contributed by atoms with Crippen LogP contribution in [0.4, 0.5) is 10.5 Å². The Labute approximate surface area is 171 Å². The number of nitrogens with one attached hydrogen (secondary N) is 1. The Balaban J connectivity index is 1.56. The second-order valence-electron chi connectivity index (χ2n) is 8.75. The molecule has 1 aliphatic carbocycles. The summed E-state index contributed by atoms with van der Waals surface area (Å²) in [5.41, 5.74) is 7.99. The van der Waals surface area contributed by atoms with Crippen LogP contribution < -0.4 is 16.0 Å². The highest BCUT2D eigenvalue weighted by atomic mass is 16.2. The van der Waals surface area contributed by atoms with E-state index in [4.69, 9.17) is 5.73 Å². The Bertz CT molecular complexity index is 820. The van der Waals surface area contributed by atoms with Crippen molar-refractivity contribution in [3.63, 3.8) is 0 Å². The number of carbonyl (C=O) groups excluding carboxylic acids is 3. The molecular formula is C22H30N4O3. The van der Waals surface area contributed by atoms with E-state index < -0.39 is 0 Å². The number of amides is 3. The van der Waals surface area contributed by atoms with Gasteiger partial charge in [-0.05, 0) is 49.4 Å². The number of hydrogen-bond donors (Lipinski definition) is 2. The molecule has 1 saturated carbocycles. The Morgan fingerprint density at radius 3 is 2.72 bits per heavy atom. The SMILES string of the molecule is C[C@H]1CC(=O)Cc2cc(C(=O)NCCC3CC3)ccc2N1C(=O)N1CC[C@@H](N)C1. The van der Waals surface area contributed by atoms with Crippen LogP contribution in [0.2, 0.25) is 0 Å². The molecule has 4 rings (SSSR count). The lowest BCUT2D eigenvalue weighted by molar-refractivity contribution is -0.118. The van der Waals surface area contributed by atoms with Crippen molar-refractivity contribution in [2.75, 3.05) is 24.5 Å². The van der Waals surface area contributed by atoms with Crippen molar-refractivity contribution in [3.05, 3.63) is 29.3 Å². The lowest BCUT2D eigenvalue weighted by Crippen LogP contribution is -2.47. The lowest BCUT2D eigenvalue weighted by atomic mass is 10.0. The molecule has 0 spiro atoms. The Hall–Kier alpha value is -2.41. The number of benzene rings is 1. The van der Waals surface area contributed by atoms with E-state index in [1.807, 2.05) is 13.0 Å². The zero-order valence-electron chi connectivity index (χ0n) is 17.0. The number of ketones is 1. The molecule has 156 valence electrons. The second kappa shape index (κ2) is 8.14. The van der Waals surface area contributed by atoms with Crippen LogP contribution in [0.3, 0.4) is 0 Å². The third-order valence-electron chi connectivity index (χ3n) is 6.19. The van der Waals surface area contributed by atoms with Crippen molar-refractivity contribution in [1.82, 2.24) is 10.2 Å². The number of Topliss-reactive ketones (excluding diaryl/α,β-unsaturated/α-hetero) is 1. The van der Waals surface area contributed by atoms with Crippen LogP contribution in [-0.4, -0.2) is 54.3 Å². The highest BCUT2D eigenvalue weighted by Gasteiger charge is 2.35. The monoisotopic (exact) mass is 398 g/mol. The van der Waals surface area contributed by atoms with Crippen molar-refractivity contribution in [3.8, 4) is 0 Å². The van der Waals surface area contributed by atoms with Crippen LogP contribution in [0.5, 0.6) is 0 Å². The van der Waals surface area contributed by atoms with Crippen molar-refractivity contribution < 1.29 is 14.4 Å². The predicted octanol–water partition coefficient (Wildman–Crippen LogP) is 2.08. The fourth-order valence-electron chi connectivity index (χ4n) is 4.35. The van der Waals surface area contributed by atoms with Gasteiger partial charge in [-0.25, -0.2) is 4.79 Å². The molecule has 1 aromatic carbocycles. The zero-order chi connectivity index (χ0) is 20.5. The van der Waals surface area contributed by atoms with Gasteiger partial charge in [-0.2, -0.15) is 0 Å². The molecule has 7 nitrogen and oxygen atoms in total. The minimum absolute atomic E-state index is 0.00375. The van der Waals surface area contributed by atoms with Crippen LogP contribution in [0, 0.1) is 5.92 Å². The molecule has 2 atom stereocenters. The Morgan fingerprint density at radius 1 is 1.24 bits per heavy atom. The summed E-state index contributed by atoms with van der Waals surface area (Å²) in [5, 5.41) is 2.97. The van der Waals surface area contributed by atoms with Gasteiger partial charge < -0.3 is 16.0 Å². The number of hydrogen-bond acceptors (Lipinski definition) is 4. The van der Waals surface area contributed by atoms with Gasteiger partial charge in [0.1, 0.15) is 5.78 Å². The van der Waals surface area contributed by atoms with E-state index in [2.05, 4.69) is 5.32 Å². The number of rotatable bonds is 4. The van der Waals surface area contributed by atoms with E-state index in [0.717, 1.165) is 30.0 Å². The van der Waals surface area contributed by atoms with E-state index in [1.165, 1.54) is 12.8 Å². The fraction of sp³-hybridized carbons (Fsp3) is 0.591. The fourth-order valence-corrected chi connectivity index (χ4v) is 4.35. The number of nitrogens with two attached hydrogens (primary N) is 1. The standard InChI is InChI=1S/C22H30N4O3/c1-14-10-19(27)12-17-11-16(21(28)24-8-6-15-2-3-15)4-5-20(17)26(14)22(29)25-9-7-18(23)13-25/h4-5,11,14-15,18H,2-3,6-10,12-13,23H2,1H3,(H,24,28)/t14-,18+/m0/s1. The molecule has 2 heterocycles. The van der Waals surface area contributed by atoms with Gasteiger partial charge in [0.15, 0.2) is 0 Å². The first-order valence-corrected chi connectivity index (χ1v) is 10.7. The molecule has 2 fully saturated rings. The number of carbonyl (C=O) groups is 3. The van der Waals surface area contributed by atoms with Crippen molar-refractivity contribution in [2.45, 2.75) is 57.5 Å². The minimum atomic E-state index is -0.230. The molecule has 3 aliphatic rings. The molecule has 1 aromatic rings. The smallest absolute Gasteiger partial charge is 0.324 e. The molecule has 0 bridgehead atoms. The van der Waals surface area contributed by atoms with E-state index in [9.17, 15) is 14.4 Å². The van der Waals surface area contributed by atoms with E-state index in [1.54, 1.807) is 21.9 Å². The van der Waals surface area contributed by atoms with Gasteiger partial charge in [0, 0.05) is 55.8 Å². The van der Waals surface area contributed by atoms with Gasteiger partial charge in [-0.3, -0.25) is 14.5 Å². The van der Waals surface area contributed by atoms with Gasteiger partial charge in [-0.15, -0.1) is 0 Å². The number of likely N-dealkylation sites (tertiary alicyclic amines) is 1. The molecule has 3 amide bonds. The molecule has 0 aromatic heterocycles. The van der Waals surface area contributed by atoms with Crippen molar-refractivity contribution >= 4 is 23.4 Å². The lowest BCUT2D eigenvalue weighted by Gasteiger charge is -2.32. The topological polar surface area (TPSA) is 95.7 Å². The maximum Gasteiger partial charge on any atom is 0.324 e. The summed E-state index contributed by atoms with van der Waals surface area (Å²) in [6.45, 7) is 3.75. The molecule has 3 N–H and O–H groups in total. The summed E-state index contributed by atoms with van der Waals surface area (Å²) < 4.78 is 0. The van der Waals surface area contributed by atoms with Crippen LogP contribution in [0.15, 0.2) is 18.2 Å². The minimum Gasteiger partial charge on any atom is -0.352 e. The maximum absolute atomic E-state index is 13.2. The highest BCUT2D eigenvalue weighted by Crippen LogP contribution is 2.32. The highest BCUT2D eigenvalue weighted by molar-refractivity contribution is 6.00. The zero-order valence-corrected chi connectivity index (χ0v) is 17.0. The number of fused-ring (bicyclic) bond motifs is 1. The number of urea groups is 1. The number of nitrogens with zero attached hydrogens (tertiary/aromatic N) is 2. The first-order valence-electron chi connectivity index (χ1n) is 10.7. The summed E-state index contributed by atoms with van der Waals surface area (Å²) >= 11 is 0. The third kappa shape index (κ3) is 4.45. The molecule has 0 radical (unpaired) electrons. The molecule has 2 aliphatic heterocycles. The third-order valence-corrected chi connectivity index (χ3v) is 6.19. The van der Waals surface area contributed by atoms with Crippen LogP contribution in [0.25, 0.3) is 0 Å². The van der Waals surface area contributed by atoms with Gasteiger partial charge in [0.2, 0.25) is 0 Å². The molecular weight excluding hydrogens is 368 g/mol. The Kier molecular flexibility index (Phi) is 5.58. The average Bonchev–Trinajstić information content (AvgIpc) is 3.42. The summed E-state index contributed by atoms with van der Waals surface area (Å²) in [5.74, 6) is 0.722. The predicted molar refractivity (Wildman–Crippen MR) is 111 cm³/mol. The normalized spacial score (nSPS) is 24.3. The first kappa shape index (κ1) is 19.9. The summed E-state index contributed by atoms with van der Waals surface area (Å²) in [6.07, 6.45) is 4.89. The largest absolute Gasteiger partial charge is 0.352 e. The number of anilines is 1. The summed E-state index contributed by atoms with van der Waals surface area (Å²) in [6, 6.07) is 5.00. The first-order chi connectivity index (χ1) is 13.9. The molecule has 1 saturated heterocycles. The second-order valence-corrected chi connectivity index (χ2v) is 8.75. The summed E-state index contributed by atoms with van der Waals surface area (Å²) in [4.78, 5) is 41.7. The van der Waals surface area contributed by atoms with Crippen LogP contribution >= 0.6 is 0 Å². The van der Waals surface area contributed by atoms with Crippen molar-refractivity contribution in [2.24, 2.45) is 11.7 Å². The average molecular weight is 399 g/mol.